The fourth-order valence-electron chi connectivity index (χ4n) is 2.42. The summed E-state index contributed by atoms with van der Waals surface area (Å²) in [5.41, 5.74) is -0.457. The van der Waals surface area contributed by atoms with Gasteiger partial charge in [0.05, 0.1) is 16.9 Å². The van der Waals surface area contributed by atoms with Crippen molar-refractivity contribution in [2.45, 2.75) is 42.9 Å². The smallest absolute Gasteiger partial charge is 0.236 e. The molecule has 2 aliphatic heterocycles. The van der Waals surface area contributed by atoms with Crippen LogP contribution in [-0.2, 0) is 9.53 Å². The van der Waals surface area contributed by atoms with E-state index in [1.165, 1.54) is 0 Å². The largest absolute Gasteiger partial charge is 0.394 e. The van der Waals surface area contributed by atoms with Crippen molar-refractivity contribution in [3.8, 4) is 0 Å². The predicted molar refractivity (Wildman–Crippen MR) is 68.1 cm³/mol. The monoisotopic (exact) mass is 259 g/mol. The van der Waals surface area contributed by atoms with Crippen LogP contribution < -0.4 is 5.32 Å². The Labute approximate surface area is 106 Å². The van der Waals surface area contributed by atoms with Crippen molar-refractivity contribution >= 4 is 17.7 Å². The number of hydrogen-bond donors (Lipinski definition) is 2. The maximum atomic E-state index is 12.3. The SMILES string of the molecule is CC1(C(=O)NC2(CO)CCOCC2)CCCS1. The number of rotatable bonds is 3. The maximum absolute atomic E-state index is 12.3. The van der Waals surface area contributed by atoms with Crippen molar-refractivity contribution in [1.29, 1.82) is 0 Å². The zero-order chi connectivity index (χ0) is 12.4. The highest BCUT2D eigenvalue weighted by Crippen LogP contribution is 2.38. The predicted octanol–water partition coefficient (Wildman–Crippen LogP) is 0.930. The number of carbonyl (C=O) groups is 1. The summed E-state index contributed by atoms with van der Waals surface area (Å²) in [6.45, 7) is 3.24. The summed E-state index contributed by atoms with van der Waals surface area (Å²) in [7, 11) is 0. The average Bonchev–Trinajstić information content (AvgIpc) is 2.79. The van der Waals surface area contributed by atoms with Crippen LogP contribution in [0, 0.1) is 0 Å². The van der Waals surface area contributed by atoms with E-state index in [4.69, 9.17) is 4.74 Å². The van der Waals surface area contributed by atoms with Gasteiger partial charge < -0.3 is 15.2 Å². The lowest BCUT2D eigenvalue weighted by molar-refractivity contribution is -0.127. The Hall–Kier alpha value is -0.260. The number of nitrogens with one attached hydrogen (secondary N) is 1. The Bertz CT molecular complexity index is 283. The number of hydrogen-bond acceptors (Lipinski definition) is 4. The third kappa shape index (κ3) is 2.77. The van der Waals surface area contributed by atoms with Gasteiger partial charge in [-0.05, 0) is 38.4 Å². The number of carbonyl (C=O) groups excluding carboxylic acids is 1. The van der Waals surface area contributed by atoms with Gasteiger partial charge in [-0.1, -0.05) is 0 Å². The molecule has 98 valence electrons. The van der Waals surface area contributed by atoms with Gasteiger partial charge in [-0.15, -0.1) is 11.8 Å². The van der Waals surface area contributed by atoms with E-state index in [-0.39, 0.29) is 17.3 Å². The van der Waals surface area contributed by atoms with Crippen LogP contribution in [0.2, 0.25) is 0 Å². The number of aliphatic hydroxyl groups is 1. The first kappa shape index (κ1) is 13.2. The second-order valence-electron chi connectivity index (χ2n) is 5.19. The summed E-state index contributed by atoms with van der Waals surface area (Å²) in [6.07, 6.45) is 3.44. The molecule has 5 heteroatoms. The van der Waals surface area contributed by atoms with Crippen molar-refractivity contribution in [2.24, 2.45) is 0 Å². The van der Waals surface area contributed by atoms with Gasteiger partial charge in [0.1, 0.15) is 0 Å². The first-order valence-electron chi connectivity index (χ1n) is 6.25. The lowest BCUT2D eigenvalue weighted by atomic mass is 9.89. The van der Waals surface area contributed by atoms with Gasteiger partial charge in [0.2, 0.25) is 5.91 Å². The normalized spacial score (nSPS) is 32.4. The van der Waals surface area contributed by atoms with E-state index < -0.39 is 5.54 Å². The number of aliphatic hydroxyl groups excluding tert-OH is 1. The van der Waals surface area contributed by atoms with Crippen molar-refractivity contribution in [2.75, 3.05) is 25.6 Å². The second kappa shape index (κ2) is 5.16. The summed E-state index contributed by atoms with van der Waals surface area (Å²) < 4.78 is 4.99. The Morgan fingerprint density at radius 3 is 2.65 bits per heavy atom. The highest BCUT2D eigenvalue weighted by atomic mass is 32.2. The molecule has 1 amide bonds. The average molecular weight is 259 g/mol. The summed E-state index contributed by atoms with van der Waals surface area (Å²) in [4.78, 5) is 12.3. The van der Waals surface area contributed by atoms with Crippen molar-refractivity contribution in [1.82, 2.24) is 5.32 Å². The molecule has 0 saturated carbocycles. The molecule has 2 rings (SSSR count). The fourth-order valence-corrected chi connectivity index (χ4v) is 3.63. The minimum absolute atomic E-state index is 0.00282. The van der Waals surface area contributed by atoms with E-state index in [0.717, 1.165) is 18.6 Å². The van der Waals surface area contributed by atoms with Crippen LogP contribution in [-0.4, -0.2) is 46.9 Å². The van der Waals surface area contributed by atoms with Gasteiger partial charge in [-0.25, -0.2) is 0 Å². The quantitative estimate of drug-likeness (QED) is 0.791. The first-order valence-corrected chi connectivity index (χ1v) is 7.24. The molecule has 1 atom stereocenters. The van der Waals surface area contributed by atoms with Crippen molar-refractivity contribution in [3.05, 3.63) is 0 Å². The molecule has 2 saturated heterocycles. The van der Waals surface area contributed by atoms with Crippen LogP contribution >= 0.6 is 11.8 Å². The standard InChI is InChI=1S/C12H21NO3S/c1-11(3-2-8-17-11)10(15)13-12(9-14)4-6-16-7-5-12/h14H,2-9H2,1H3,(H,13,15). The van der Waals surface area contributed by atoms with Crippen molar-refractivity contribution < 1.29 is 14.6 Å². The minimum atomic E-state index is -0.457. The summed E-state index contributed by atoms with van der Waals surface area (Å²) in [6, 6.07) is 0. The molecule has 2 N–H and O–H groups in total. The highest BCUT2D eigenvalue weighted by Gasteiger charge is 2.42. The Morgan fingerprint density at radius 1 is 1.41 bits per heavy atom. The van der Waals surface area contributed by atoms with Gasteiger partial charge in [0.25, 0.3) is 0 Å². The first-order chi connectivity index (χ1) is 8.10. The maximum Gasteiger partial charge on any atom is 0.236 e. The lowest BCUT2D eigenvalue weighted by Crippen LogP contribution is -2.58. The molecular weight excluding hydrogens is 238 g/mol. The van der Waals surface area contributed by atoms with Crippen LogP contribution in [0.1, 0.15) is 32.6 Å². The Morgan fingerprint density at radius 2 is 2.12 bits per heavy atom. The molecule has 0 bridgehead atoms. The van der Waals surface area contributed by atoms with E-state index >= 15 is 0 Å². The molecule has 4 nitrogen and oxygen atoms in total. The summed E-state index contributed by atoms with van der Waals surface area (Å²) >= 11 is 1.73. The van der Waals surface area contributed by atoms with Crippen LogP contribution in [0.25, 0.3) is 0 Å². The van der Waals surface area contributed by atoms with Gasteiger partial charge in [0.15, 0.2) is 0 Å². The topological polar surface area (TPSA) is 58.6 Å². The number of ether oxygens (including phenoxy) is 1. The molecule has 0 aromatic rings. The van der Waals surface area contributed by atoms with E-state index in [1.54, 1.807) is 11.8 Å². The third-order valence-electron chi connectivity index (χ3n) is 3.83. The lowest BCUT2D eigenvalue weighted by Gasteiger charge is -2.38. The zero-order valence-electron chi connectivity index (χ0n) is 10.3. The molecule has 1 unspecified atom stereocenters. The number of thioether (sulfide) groups is 1. The van der Waals surface area contributed by atoms with Gasteiger partial charge in [-0.2, -0.15) is 0 Å². The van der Waals surface area contributed by atoms with Crippen LogP contribution in [0.5, 0.6) is 0 Å². The summed E-state index contributed by atoms with van der Waals surface area (Å²) in [5, 5.41) is 12.6. The molecule has 2 heterocycles. The van der Waals surface area contributed by atoms with E-state index in [2.05, 4.69) is 5.32 Å². The molecule has 2 aliphatic rings. The van der Waals surface area contributed by atoms with Crippen LogP contribution in [0.3, 0.4) is 0 Å². The molecule has 2 fully saturated rings. The van der Waals surface area contributed by atoms with Gasteiger partial charge in [0, 0.05) is 13.2 Å². The van der Waals surface area contributed by atoms with Crippen LogP contribution in [0.4, 0.5) is 0 Å². The molecular formula is C12H21NO3S. The Balaban J connectivity index is 2.00. The molecule has 0 aromatic carbocycles. The molecule has 17 heavy (non-hydrogen) atoms. The zero-order valence-corrected chi connectivity index (χ0v) is 11.1. The fraction of sp³-hybridized carbons (Fsp3) is 0.917. The number of amides is 1. The Kier molecular flexibility index (Phi) is 4.00. The third-order valence-corrected chi connectivity index (χ3v) is 5.35. The van der Waals surface area contributed by atoms with Gasteiger partial charge in [-0.3, -0.25) is 4.79 Å². The minimum Gasteiger partial charge on any atom is -0.394 e. The van der Waals surface area contributed by atoms with E-state index in [9.17, 15) is 9.90 Å². The molecule has 0 aliphatic carbocycles. The van der Waals surface area contributed by atoms with E-state index in [0.29, 0.717) is 26.1 Å². The molecule has 0 aromatic heterocycles. The molecule has 0 radical (unpaired) electrons. The molecule has 0 spiro atoms. The summed E-state index contributed by atoms with van der Waals surface area (Å²) in [5.74, 6) is 1.13. The van der Waals surface area contributed by atoms with Crippen LogP contribution in [0.15, 0.2) is 0 Å². The highest BCUT2D eigenvalue weighted by molar-refractivity contribution is 8.01. The van der Waals surface area contributed by atoms with E-state index in [1.807, 2.05) is 6.92 Å². The van der Waals surface area contributed by atoms with Gasteiger partial charge >= 0.3 is 0 Å². The second-order valence-corrected chi connectivity index (χ2v) is 6.79. The van der Waals surface area contributed by atoms with Crippen molar-refractivity contribution in [3.63, 3.8) is 0 Å².